The van der Waals surface area contributed by atoms with Gasteiger partial charge in [0.05, 0.1) is 17.5 Å². The van der Waals surface area contributed by atoms with Crippen LogP contribution in [0.25, 0.3) is 11.6 Å². The van der Waals surface area contributed by atoms with Gasteiger partial charge in [-0.1, -0.05) is 18.2 Å². The van der Waals surface area contributed by atoms with Crippen molar-refractivity contribution >= 4 is 23.3 Å². The Morgan fingerprint density at radius 1 is 1.37 bits per heavy atom. The van der Waals surface area contributed by atoms with Crippen LogP contribution in [-0.2, 0) is 22.4 Å². The normalized spacial score (nSPS) is 18.1. The van der Waals surface area contributed by atoms with E-state index >= 15 is 0 Å². The van der Waals surface area contributed by atoms with Crippen molar-refractivity contribution in [1.82, 2.24) is 9.88 Å². The summed E-state index contributed by atoms with van der Waals surface area (Å²) in [6, 6.07) is 1.93. The molecule has 138 valence electrons. The van der Waals surface area contributed by atoms with Crippen molar-refractivity contribution in [3.63, 3.8) is 0 Å². The van der Waals surface area contributed by atoms with Crippen molar-refractivity contribution < 1.29 is 9.59 Å². The number of pyridine rings is 1. The summed E-state index contributed by atoms with van der Waals surface area (Å²) in [5.74, 6) is 0.447. The zero-order valence-electron chi connectivity index (χ0n) is 15.6. The third-order valence-corrected chi connectivity index (χ3v) is 5.74. The van der Waals surface area contributed by atoms with Gasteiger partial charge in [-0.25, -0.2) is 0 Å². The van der Waals surface area contributed by atoms with Crippen molar-refractivity contribution in [2.24, 2.45) is 5.92 Å². The number of ketones is 1. The van der Waals surface area contributed by atoms with Gasteiger partial charge in [0, 0.05) is 37.4 Å². The molecule has 1 aromatic heterocycles. The molecule has 0 atom stereocenters. The number of carbonyl (C=O) groups is 2. The molecule has 0 N–H and O–H groups in total. The monoisotopic (exact) mass is 361 g/mol. The number of fused-ring (bicyclic) bond motifs is 1. The van der Waals surface area contributed by atoms with Gasteiger partial charge in [-0.05, 0) is 42.9 Å². The summed E-state index contributed by atoms with van der Waals surface area (Å²) in [7, 11) is 0. The average molecular weight is 361 g/mol. The van der Waals surface area contributed by atoms with E-state index in [1.54, 1.807) is 4.90 Å². The maximum atomic E-state index is 12.4. The van der Waals surface area contributed by atoms with Crippen LogP contribution in [0.3, 0.4) is 0 Å². The summed E-state index contributed by atoms with van der Waals surface area (Å²) in [6.07, 6.45) is 10.3. The van der Waals surface area contributed by atoms with E-state index < -0.39 is 0 Å². The first-order chi connectivity index (χ1) is 13.1. The first kappa shape index (κ1) is 17.7. The number of allylic oxidation sites excluding steroid dienone is 1. The molecule has 0 unspecified atom stereocenters. The van der Waals surface area contributed by atoms with Gasteiger partial charge in [0.15, 0.2) is 0 Å². The summed E-state index contributed by atoms with van der Waals surface area (Å²) in [5.41, 5.74) is 6.64. The number of amides is 1. The summed E-state index contributed by atoms with van der Waals surface area (Å²) in [4.78, 5) is 30.9. The van der Waals surface area contributed by atoms with Gasteiger partial charge in [-0.2, -0.15) is 5.26 Å². The van der Waals surface area contributed by atoms with Crippen LogP contribution in [0.5, 0.6) is 0 Å². The van der Waals surface area contributed by atoms with E-state index in [0.29, 0.717) is 25.3 Å². The van der Waals surface area contributed by atoms with Crippen molar-refractivity contribution in [1.29, 1.82) is 5.26 Å². The average Bonchev–Trinajstić information content (AvgIpc) is 3.42. The number of hydrogen-bond donors (Lipinski definition) is 0. The zero-order chi connectivity index (χ0) is 19.0. The number of hydrogen-bond acceptors (Lipinski definition) is 4. The lowest BCUT2D eigenvalue weighted by Crippen LogP contribution is -2.34. The molecule has 0 aromatic carbocycles. The zero-order valence-corrected chi connectivity index (χ0v) is 15.6. The van der Waals surface area contributed by atoms with E-state index in [9.17, 15) is 9.59 Å². The maximum absolute atomic E-state index is 12.4. The van der Waals surface area contributed by atoms with Crippen LogP contribution >= 0.6 is 0 Å². The lowest BCUT2D eigenvalue weighted by molar-refractivity contribution is -0.129. The first-order valence-electron chi connectivity index (χ1n) is 9.64. The van der Waals surface area contributed by atoms with Crippen LogP contribution in [0, 0.1) is 24.2 Å². The van der Waals surface area contributed by atoms with Crippen molar-refractivity contribution in [2.75, 3.05) is 13.1 Å². The molecule has 1 amide bonds. The fourth-order valence-corrected chi connectivity index (χ4v) is 4.02. The number of Topliss-reactive ketones (excluding diaryl/α,β-unsaturated/α-hetero) is 1. The van der Waals surface area contributed by atoms with Crippen LogP contribution in [0.4, 0.5) is 0 Å². The van der Waals surface area contributed by atoms with Crippen molar-refractivity contribution in [2.45, 2.75) is 45.4 Å². The number of nitriles is 1. The Labute approximate surface area is 159 Å². The van der Waals surface area contributed by atoms with Crippen LogP contribution < -0.4 is 0 Å². The molecule has 1 saturated carbocycles. The van der Waals surface area contributed by atoms with Gasteiger partial charge in [0.2, 0.25) is 5.91 Å². The topological polar surface area (TPSA) is 74.1 Å². The highest BCUT2D eigenvalue weighted by Crippen LogP contribution is 2.36. The molecule has 1 fully saturated rings. The third-order valence-electron chi connectivity index (χ3n) is 5.74. The molecular weight excluding hydrogens is 338 g/mol. The number of carbonyl (C=O) groups excluding carboxylic acids is 2. The number of aromatic nitrogens is 1. The van der Waals surface area contributed by atoms with E-state index in [2.05, 4.69) is 25.2 Å². The molecule has 1 aromatic rings. The van der Waals surface area contributed by atoms with Gasteiger partial charge in [-0.15, -0.1) is 0 Å². The molecule has 2 heterocycles. The Morgan fingerprint density at radius 3 is 2.85 bits per heavy atom. The Hall–Kier alpha value is -2.74. The predicted octanol–water partition coefficient (Wildman–Crippen LogP) is 3.01. The van der Waals surface area contributed by atoms with Crippen molar-refractivity contribution in [3.05, 3.63) is 40.2 Å². The molecule has 4 rings (SSSR count). The lowest BCUT2D eigenvalue weighted by Gasteiger charge is -2.28. The lowest BCUT2D eigenvalue weighted by atomic mass is 9.89. The molecule has 3 aliphatic rings. The summed E-state index contributed by atoms with van der Waals surface area (Å²) < 4.78 is 0. The Morgan fingerprint density at radius 2 is 2.19 bits per heavy atom. The second-order valence-corrected chi connectivity index (χ2v) is 7.60. The number of rotatable bonds is 5. The van der Waals surface area contributed by atoms with E-state index in [0.717, 1.165) is 48.2 Å². The maximum Gasteiger partial charge on any atom is 0.237 e. The standard InChI is InChI=1S/C22H23N3O2/c1-14-19(13-20(26)15-5-6-15)24-18-4-2-3-17(18)22(14)16-8-11-25(12-9-16)21(27)7-10-23/h2-3,8,15H,4-7,9,11-13H2,1H3. The SMILES string of the molecule is Cc1c(CC(=O)C2CC2)nc2c(c1C1=CCN(C(=O)CC#N)CC1)C=CC2. The fraction of sp³-hybridized carbons (Fsp3) is 0.455. The molecule has 0 radical (unpaired) electrons. The number of nitrogens with zero attached hydrogens (tertiary/aromatic N) is 3. The molecule has 5 nitrogen and oxygen atoms in total. The Kier molecular flexibility index (Phi) is 4.65. The second-order valence-electron chi connectivity index (χ2n) is 7.60. The van der Waals surface area contributed by atoms with Gasteiger partial charge in [-0.3, -0.25) is 14.6 Å². The van der Waals surface area contributed by atoms with Crippen LogP contribution in [0.2, 0.25) is 0 Å². The highest BCUT2D eigenvalue weighted by molar-refractivity contribution is 5.87. The smallest absolute Gasteiger partial charge is 0.237 e. The van der Waals surface area contributed by atoms with E-state index in [-0.39, 0.29) is 18.2 Å². The third kappa shape index (κ3) is 3.44. The molecule has 27 heavy (non-hydrogen) atoms. The minimum Gasteiger partial charge on any atom is -0.338 e. The van der Waals surface area contributed by atoms with E-state index in [4.69, 9.17) is 10.2 Å². The van der Waals surface area contributed by atoms with Crippen LogP contribution in [0.1, 0.15) is 53.8 Å². The summed E-state index contributed by atoms with van der Waals surface area (Å²) in [6.45, 7) is 3.23. The van der Waals surface area contributed by atoms with Crippen LogP contribution in [-0.4, -0.2) is 34.7 Å². The Bertz CT molecular complexity index is 916. The second kappa shape index (κ2) is 7.11. The first-order valence-corrected chi connectivity index (χ1v) is 9.64. The van der Waals surface area contributed by atoms with Gasteiger partial charge in [0.1, 0.15) is 12.2 Å². The molecule has 5 heteroatoms. The minimum atomic E-state index is -0.111. The quantitative estimate of drug-likeness (QED) is 0.808. The highest BCUT2D eigenvalue weighted by Gasteiger charge is 2.31. The van der Waals surface area contributed by atoms with Gasteiger partial charge in [0.25, 0.3) is 0 Å². The van der Waals surface area contributed by atoms with E-state index in [1.807, 2.05) is 6.07 Å². The molecule has 0 saturated heterocycles. The Balaban J connectivity index is 1.65. The molecule has 0 spiro atoms. The summed E-state index contributed by atoms with van der Waals surface area (Å²) >= 11 is 0. The highest BCUT2D eigenvalue weighted by atomic mass is 16.2. The molecule has 1 aliphatic heterocycles. The minimum absolute atomic E-state index is 0.0664. The largest absolute Gasteiger partial charge is 0.338 e. The van der Waals surface area contributed by atoms with Crippen LogP contribution in [0.15, 0.2) is 12.2 Å². The summed E-state index contributed by atoms with van der Waals surface area (Å²) in [5, 5.41) is 8.73. The van der Waals surface area contributed by atoms with Crippen molar-refractivity contribution in [3.8, 4) is 6.07 Å². The van der Waals surface area contributed by atoms with E-state index in [1.165, 1.54) is 11.1 Å². The predicted molar refractivity (Wildman–Crippen MR) is 103 cm³/mol. The molecule has 2 aliphatic carbocycles. The van der Waals surface area contributed by atoms with Gasteiger partial charge < -0.3 is 4.90 Å². The molecule has 0 bridgehead atoms. The van der Waals surface area contributed by atoms with Gasteiger partial charge >= 0.3 is 0 Å². The molecular formula is C22H23N3O2. The fourth-order valence-electron chi connectivity index (χ4n) is 4.02.